The van der Waals surface area contributed by atoms with Crippen LogP contribution in [0.3, 0.4) is 0 Å². The van der Waals surface area contributed by atoms with Gasteiger partial charge in [0.15, 0.2) is 0 Å². The quantitative estimate of drug-likeness (QED) is 0.375. The van der Waals surface area contributed by atoms with E-state index in [1.807, 2.05) is 48.5 Å². The fourth-order valence-electron chi connectivity index (χ4n) is 4.79. The van der Waals surface area contributed by atoms with Gasteiger partial charge in [-0.1, -0.05) is 60.7 Å². The Morgan fingerprint density at radius 2 is 1.53 bits per heavy atom. The molecule has 0 spiro atoms. The first-order valence-electron chi connectivity index (χ1n) is 11.0. The van der Waals surface area contributed by atoms with E-state index in [4.69, 9.17) is 4.74 Å². The summed E-state index contributed by atoms with van der Waals surface area (Å²) in [6.45, 7) is 0.541. The number of benzene rings is 4. The predicted molar refractivity (Wildman–Crippen MR) is 125 cm³/mol. The predicted octanol–water partition coefficient (Wildman–Crippen LogP) is 6.97. The molecule has 0 heterocycles. The number of fused-ring (bicyclic) bond motifs is 1. The molecule has 4 aromatic carbocycles. The minimum atomic E-state index is -0.216. The van der Waals surface area contributed by atoms with Crippen LogP contribution in [0.2, 0.25) is 0 Å². The molecule has 0 saturated carbocycles. The van der Waals surface area contributed by atoms with E-state index in [0.717, 1.165) is 35.3 Å². The van der Waals surface area contributed by atoms with Gasteiger partial charge in [0.25, 0.3) is 0 Å². The topological polar surface area (TPSA) is 29.5 Å². The summed E-state index contributed by atoms with van der Waals surface area (Å²) in [6, 6.07) is 30.9. The van der Waals surface area contributed by atoms with Gasteiger partial charge in [-0.25, -0.2) is 4.39 Å². The van der Waals surface area contributed by atoms with Gasteiger partial charge < -0.3 is 9.84 Å². The maximum Gasteiger partial charge on any atom is 0.123 e. The van der Waals surface area contributed by atoms with Crippen molar-refractivity contribution in [1.29, 1.82) is 0 Å². The molecule has 3 heteroatoms. The van der Waals surface area contributed by atoms with Crippen LogP contribution in [0.1, 0.15) is 46.1 Å². The van der Waals surface area contributed by atoms with E-state index in [0.29, 0.717) is 6.61 Å². The third kappa shape index (κ3) is 4.24. The summed E-state index contributed by atoms with van der Waals surface area (Å²) >= 11 is 0. The van der Waals surface area contributed by atoms with Gasteiger partial charge in [0.05, 0.1) is 0 Å². The zero-order chi connectivity index (χ0) is 21.9. The van der Waals surface area contributed by atoms with E-state index in [1.165, 1.54) is 11.1 Å². The van der Waals surface area contributed by atoms with Gasteiger partial charge in [-0.2, -0.15) is 0 Å². The smallest absolute Gasteiger partial charge is 0.123 e. The van der Waals surface area contributed by atoms with Crippen LogP contribution < -0.4 is 4.74 Å². The molecular weight excluding hydrogens is 399 g/mol. The van der Waals surface area contributed by atoms with Crippen molar-refractivity contribution < 1.29 is 14.2 Å². The standard InChI is InChI=1S/C29H25FO2/c30-24-11-6-21(7-12-24)27-16-10-23-18-26(32-19-20-4-2-1-3-5-20)15-17-28(23)29(27)22-8-13-25(31)14-9-22/h1-9,11-15,17-18,27,29,31H,10,16,19H2. The van der Waals surface area contributed by atoms with Crippen LogP contribution in [0.25, 0.3) is 0 Å². The van der Waals surface area contributed by atoms with Crippen LogP contribution in [-0.4, -0.2) is 5.11 Å². The highest BCUT2D eigenvalue weighted by atomic mass is 19.1. The maximum absolute atomic E-state index is 13.6. The molecule has 0 aliphatic heterocycles. The Labute approximate surface area is 187 Å². The fraction of sp³-hybridized carbons (Fsp3) is 0.172. The summed E-state index contributed by atoms with van der Waals surface area (Å²) in [5.74, 6) is 1.29. The van der Waals surface area contributed by atoms with Gasteiger partial charge in [0.1, 0.15) is 23.9 Å². The van der Waals surface area contributed by atoms with Gasteiger partial charge in [-0.05, 0) is 83.0 Å². The van der Waals surface area contributed by atoms with Crippen LogP contribution in [0.4, 0.5) is 4.39 Å². The second-order valence-electron chi connectivity index (χ2n) is 8.40. The minimum absolute atomic E-state index is 0.132. The molecule has 0 saturated heterocycles. The third-order valence-corrected chi connectivity index (χ3v) is 6.38. The van der Waals surface area contributed by atoms with Crippen molar-refractivity contribution in [3.05, 3.63) is 131 Å². The Morgan fingerprint density at radius 1 is 0.812 bits per heavy atom. The number of aryl methyl sites for hydroxylation is 1. The number of rotatable bonds is 5. The van der Waals surface area contributed by atoms with Crippen LogP contribution >= 0.6 is 0 Å². The van der Waals surface area contributed by atoms with Gasteiger partial charge in [-0.3, -0.25) is 0 Å². The van der Waals surface area contributed by atoms with Crippen molar-refractivity contribution in [2.24, 2.45) is 0 Å². The summed E-state index contributed by atoms with van der Waals surface area (Å²) < 4.78 is 19.6. The van der Waals surface area contributed by atoms with Crippen molar-refractivity contribution in [2.45, 2.75) is 31.3 Å². The molecule has 2 atom stereocenters. The lowest BCUT2D eigenvalue weighted by atomic mass is 9.69. The Hall–Kier alpha value is -3.59. The molecule has 2 nitrogen and oxygen atoms in total. The molecule has 32 heavy (non-hydrogen) atoms. The number of hydrogen-bond acceptors (Lipinski definition) is 2. The minimum Gasteiger partial charge on any atom is -0.508 e. The molecule has 0 bridgehead atoms. The lowest BCUT2D eigenvalue weighted by molar-refractivity contribution is 0.305. The molecule has 0 fully saturated rings. The number of ether oxygens (including phenoxy) is 1. The SMILES string of the molecule is Oc1ccc(C2c3ccc(OCc4ccccc4)cc3CCC2c2ccc(F)cc2)cc1. The van der Waals surface area contributed by atoms with Gasteiger partial charge in [-0.15, -0.1) is 0 Å². The maximum atomic E-state index is 13.6. The van der Waals surface area contributed by atoms with Crippen molar-refractivity contribution in [3.63, 3.8) is 0 Å². The number of phenols is 1. The summed E-state index contributed by atoms with van der Waals surface area (Å²) in [5, 5.41) is 9.79. The van der Waals surface area contributed by atoms with E-state index >= 15 is 0 Å². The Kier molecular flexibility index (Phi) is 5.64. The molecule has 2 unspecified atom stereocenters. The summed E-state index contributed by atoms with van der Waals surface area (Å²) in [4.78, 5) is 0. The average molecular weight is 425 g/mol. The summed E-state index contributed by atoms with van der Waals surface area (Å²) in [5.41, 5.74) is 5.98. The number of hydrogen-bond donors (Lipinski definition) is 1. The first kappa shape index (κ1) is 20.3. The fourth-order valence-corrected chi connectivity index (χ4v) is 4.79. The van der Waals surface area contributed by atoms with E-state index in [-0.39, 0.29) is 23.4 Å². The Morgan fingerprint density at radius 3 is 2.28 bits per heavy atom. The summed E-state index contributed by atoms with van der Waals surface area (Å²) in [6.07, 6.45) is 1.90. The van der Waals surface area contributed by atoms with Crippen molar-refractivity contribution in [2.75, 3.05) is 0 Å². The molecule has 5 rings (SSSR count). The van der Waals surface area contributed by atoms with E-state index in [1.54, 1.807) is 24.3 Å². The lowest BCUT2D eigenvalue weighted by Gasteiger charge is -2.35. The zero-order valence-corrected chi connectivity index (χ0v) is 17.7. The van der Waals surface area contributed by atoms with Crippen LogP contribution in [-0.2, 0) is 13.0 Å². The highest BCUT2D eigenvalue weighted by Crippen LogP contribution is 2.47. The normalized spacial score (nSPS) is 17.5. The number of halogens is 1. The Bertz CT molecular complexity index is 1180. The second kappa shape index (κ2) is 8.88. The molecule has 4 aromatic rings. The molecule has 0 amide bonds. The van der Waals surface area contributed by atoms with Crippen molar-refractivity contribution >= 4 is 0 Å². The van der Waals surface area contributed by atoms with Crippen molar-refractivity contribution in [3.8, 4) is 11.5 Å². The molecular formula is C29H25FO2. The van der Waals surface area contributed by atoms with E-state index < -0.39 is 0 Å². The number of aromatic hydroxyl groups is 1. The largest absolute Gasteiger partial charge is 0.508 e. The van der Waals surface area contributed by atoms with Crippen LogP contribution in [0, 0.1) is 5.82 Å². The van der Waals surface area contributed by atoms with Crippen LogP contribution in [0.15, 0.2) is 97.1 Å². The zero-order valence-electron chi connectivity index (χ0n) is 17.7. The molecule has 0 aromatic heterocycles. The van der Waals surface area contributed by atoms with Gasteiger partial charge >= 0.3 is 0 Å². The molecule has 1 aliphatic rings. The molecule has 1 aliphatic carbocycles. The average Bonchev–Trinajstić information content (AvgIpc) is 2.84. The highest BCUT2D eigenvalue weighted by molar-refractivity contribution is 5.48. The lowest BCUT2D eigenvalue weighted by Crippen LogP contribution is -2.20. The van der Waals surface area contributed by atoms with Crippen LogP contribution in [0.5, 0.6) is 11.5 Å². The van der Waals surface area contributed by atoms with E-state index in [2.05, 4.69) is 24.3 Å². The summed E-state index contributed by atoms with van der Waals surface area (Å²) in [7, 11) is 0. The number of phenolic OH excluding ortho intramolecular Hbond substituents is 1. The first-order valence-corrected chi connectivity index (χ1v) is 11.0. The van der Waals surface area contributed by atoms with Gasteiger partial charge in [0, 0.05) is 5.92 Å². The third-order valence-electron chi connectivity index (χ3n) is 6.38. The molecule has 1 N–H and O–H groups in total. The monoisotopic (exact) mass is 424 g/mol. The second-order valence-corrected chi connectivity index (χ2v) is 8.40. The molecule has 160 valence electrons. The van der Waals surface area contributed by atoms with E-state index in [9.17, 15) is 9.50 Å². The van der Waals surface area contributed by atoms with Crippen molar-refractivity contribution in [1.82, 2.24) is 0 Å². The highest BCUT2D eigenvalue weighted by Gasteiger charge is 2.32. The first-order chi connectivity index (χ1) is 15.7. The Balaban J connectivity index is 1.48. The molecule has 0 radical (unpaired) electrons. The van der Waals surface area contributed by atoms with Gasteiger partial charge in [0.2, 0.25) is 0 Å².